The first-order valence-corrected chi connectivity index (χ1v) is 6.13. The van der Waals surface area contributed by atoms with Crippen LogP contribution in [0, 0.1) is 0 Å². The fraction of sp³-hybridized carbons (Fsp3) is 0.200. The molecule has 20 heavy (non-hydrogen) atoms. The van der Waals surface area contributed by atoms with E-state index in [2.05, 4.69) is 0 Å². The predicted molar refractivity (Wildman–Crippen MR) is 71.0 cm³/mol. The third-order valence-electron chi connectivity index (χ3n) is 3.46. The van der Waals surface area contributed by atoms with Gasteiger partial charge in [0.1, 0.15) is 5.75 Å². The van der Waals surface area contributed by atoms with Gasteiger partial charge in [0.25, 0.3) is 0 Å². The van der Waals surface area contributed by atoms with E-state index >= 15 is 0 Å². The highest BCUT2D eigenvalue weighted by atomic mass is 16.6. The number of cyclic esters (lactones) is 1. The van der Waals surface area contributed by atoms with Crippen molar-refractivity contribution < 1.29 is 24.2 Å². The van der Waals surface area contributed by atoms with E-state index < -0.39 is 12.3 Å². The van der Waals surface area contributed by atoms with Crippen LogP contribution < -0.4 is 4.74 Å². The number of aliphatic hydroxyl groups excluding tert-OH is 1. The zero-order valence-electron chi connectivity index (χ0n) is 10.8. The summed E-state index contributed by atoms with van der Waals surface area (Å²) >= 11 is 0. The first kappa shape index (κ1) is 12.6. The summed E-state index contributed by atoms with van der Waals surface area (Å²) in [6, 6.07) is 7.14. The van der Waals surface area contributed by atoms with Crippen molar-refractivity contribution in [1.29, 1.82) is 0 Å². The standard InChI is InChI=1S/C15H12O5/c1-19-14-9-5-3-2-4-8(9)13-10(11(14)7-16)6-12(17)20-15(13)18/h2-5,7,12,17H,6H2,1H3. The molecule has 5 heteroatoms. The largest absolute Gasteiger partial charge is 0.495 e. The van der Waals surface area contributed by atoms with Gasteiger partial charge in [-0.25, -0.2) is 4.79 Å². The molecule has 1 aliphatic heterocycles. The van der Waals surface area contributed by atoms with Crippen LogP contribution in [0.5, 0.6) is 5.75 Å². The lowest BCUT2D eigenvalue weighted by Crippen LogP contribution is -2.28. The van der Waals surface area contributed by atoms with Gasteiger partial charge >= 0.3 is 5.97 Å². The van der Waals surface area contributed by atoms with E-state index in [-0.39, 0.29) is 12.0 Å². The highest BCUT2D eigenvalue weighted by molar-refractivity contribution is 6.11. The molecule has 102 valence electrons. The Labute approximate surface area is 114 Å². The van der Waals surface area contributed by atoms with Crippen molar-refractivity contribution in [1.82, 2.24) is 0 Å². The zero-order chi connectivity index (χ0) is 14.3. The second kappa shape index (κ2) is 4.61. The summed E-state index contributed by atoms with van der Waals surface area (Å²) in [4.78, 5) is 23.4. The third kappa shape index (κ3) is 1.67. The van der Waals surface area contributed by atoms with E-state index in [1.165, 1.54) is 7.11 Å². The van der Waals surface area contributed by atoms with E-state index in [0.717, 1.165) is 0 Å². The third-order valence-corrected chi connectivity index (χ3v) is 3.46. The predicted octanol–water partition coefficient (Wildman–Crippen LogP) is 1.69. The summed E-state index contributed by atoms with van der Waals surface area (Å²) in [5.74, 6) is -0.211. The number of hydrogen-bond acceptors (Lipinski definition) is 5. The smallest absolute Gasteiger partial charge is 0.341 e. The quantitative estimate of drug-likeness (QED) is 0.665. The molecule has 0 bridgehead atoms. The second-order valence-corrected chi connectivity index (χ2v) is 4.53. The second-order valence-electron chi connectivity index (χ2n) is 4.53. The molecule has 2 aromatic rings. The van der Waals surface area contributed by atoms with Gasteiger partial charge in [0.15, 0.2) is 6.29 Å². The van der Waals surface area contributed by atoms with Crippen LogP contribution in [0.25, 0.3) is 10.8 Å². The summed E-state index contributed by atoms with van der Waals surface area (Å²) in [7, 11) is 1.47. The van der Waals surface area contributed by atoms with E-state index in [4.69, 9.17) is 9.47 Å². The minimum absolute atomic E-state index is 0.0797. The first-order chi connectivity index (χ1) is 9.67. The Bertz CT molecular complexity index is 720. The molecule has 0 spiro atoms. The van der Waals surface area contributed by atoms with Gasteiger partial charge in [-0.1, -0.05) is 24.3 Å². The van der Waals surface area contributed by atoms with E-state index in [9.17, 15) is 14.7 Å². The molecular formula is C15H12O5. The lowest BCUT2D eigenvalue weighted by Gasteiger charge is -2.24. The van der Waals surface area contributed by atoms with Gasteiger partial charge in [-0.15, -0.1) is 0 Å². The Hall–Kier alpha value is -2.40. The molecule has 1 aliphatic rings. The van der Waals surface area contributed by atoms with Gasteiger partial charge in [-0.05, 0) is 5.56 Å². The topological polar surface area (TPSA) is 72.8 Å². The van der Waals surface area contributed by atoms with Crippen LogP contribution in [0.4, 0.5) is 0 Å². The lowest BCUT2D eigenvalue weighted by molar-refractivity contribution is -0.0685. The molecule has 1 heterocycles. The van der Waals surface area contributed by atoms with Gasteiger partial charge in [0, 0.05) is 17.2 Å². The Kier molecular flexibility index (Phi) is 2.91. The molecule has 0 fully saturated rings. The molecular weight excluding hydrogens is 260 g/mol. The molecule has 3 rings (SSSR count). The van der Waals surface area contributed by atoms with Crippen molar-refractivity contribution in [3.63, 3.8) is 0 Å². The molecule has 0 aliphatic carbocycles. The van der Waals surface area contributed by atoms with Gasteiger partial charge in [-0.2, -0.15) is 0 Å². The number of aldehydes is 1. The Morgan fingerprint density at radius 3 is 2.70 bits per heavy atom. The summed E-state index contributed by atoms with van der Waals surface area (Å²) in [6.07, 6.45) is -0.509. The Morgan fingerprint density at radius 1 is 1.35 bits per heavy atom. The molecule has 1 unspecified atom stereocenters. The normalized spacial score (nSPS) is 17.5. The molecule has 0 radical (unpaired) electrons. The highest BCUT2D eigenvalue weighted by Gasteiger charge is 2.31. The van der Waals surface area contributed by atoms with Crippen molar-refractivity contribution in [3.8, 4) is 5.75 Å². The van der Waals surface area contributed by atoms with Crippen LogP contribution in [0.3, 0.4) is 0 Å². The minimum Gasteiger partial charge on any atom is -0.495 e. The number of fused-ring (bicyclic) bond motifs is 3. The number of carbonyl (C=O) groups is 2. The summed E-state index contributed by atoms with van der Waals surface area (Å²) in [5, 5.41) is 10.9. The van der Waals surface area contributed by atoms with Crippen LogP contribution in [0.2, 0.25) is 0 Å². The number of esters is 1. The van der Waals surface area contributed by atoms with E-state index in [1.807, 2.05) is 0 Å². The van der Waals surface area contributed by atoms with E-state index in [1.54, 1.807) is 24.3 Å². The maximum atomic E-state index is 12.0. The van der Waals surface area contributed by atoms with Gasteiger partial charge in [0.2, 0.25) is 6.29 Å². The number of hydrogen-bond donors (Lipinski definition) is 1. The molecule has 0 aromatic heterocycles. The first-order valence-electron chi connectivity index (χ1n) is 6.13. The number of rotatable bonds is 2. The zero-order valence-corrected chi connectivity index (χ0v) is 10.8. The molecule has 1 atom stereocenters. The monoisotopic (exact) mass is 272 g/mol. The van der Waals surface area contributed by atoms with Gasteiger partial charge < -0.3 is 14.6 Å². The summed E-state index contributed by atoms with van der Waals surface area (Å²) < 4.78 is 10.2. The van der Waals surface area contributed by atoms with Crippen molar-refractivity contribution in [3.05, 3.63) is 41.0 Å². The molecule has 2 aromatic carbocycles. The Morgan fingerprint density at radius 2 is 2.05 bits per heavy atom. The van der Waals surface area contributed by atoms with Crippen LogP contribution in [0.1, 0.15) is 26.3 Å². The van der Waals surface area contributed by atoms with Crippen LogP contribution in [-0.4, -0.2) is 30.8 Å². The van der Waals surface area contributed by atoms with Gasteiger partial charge in [0.05, 0.1) is 18.2 Å². The SMILES string of the molecule is COc1c(C=O)c2c(c3ccccc13)C(=O)OC(O)C2. The molecule has 5 nitrogen and oxygen atoms in total. The Balaban J connectivity index is 2.49. The number of carbonyl (C=O) groups excluding carboxylic acids is 2. The summed E-state index contributed by atoms with van der Waals surface area (Å²) in [6.45, 7) is 0. The van der Waals surface area contributed by atoms with Crippen molar-refractivity contribution in [2.24, 2.45) is 0 Å². The number of methoxy groups -OCH3 is 1. The minimum atomic E-state index is -1.24. The maximum Gasteiger partial charge on any atom is 0.341 e. The lowest BCUT2D eigenvalue weighted by atomic mass is 9.90. The van der Waals surface area contributed by atoms with Crippen LogP contribution in [-0.2, 0) is 11.2 Å². The molecule has 1 N–H and O–H groups in total. The van der Waals surface area contributed by atoms with Crippen molar-refractivity contribution in [2.75, 3.05) is 7.11 Å². The molecule has 0 saturated heterocycles. The van der Waals surface area contributed by atoms with Crippen LogP contribution in [0.15, 0.2) is 24.3 Å². The van der Waals surface area contributed by atoms with Crippen molar-refractivity contribution >= 4 is 23.0 Å². The maximum absolute atomic E-state index is 12.0. The number of benzene rings is 2. The number of ether oxygens (including phenoxy) is 2. The van der Waals surface area contributed by atoms with Crippen molar-refractivity contribution in [2.45, 2.75) is 12.7 Å². The van der Waals surface area contributed by atoms with E-state index in [0.29, 0.717) is 33.9 Å². The fourth-order valence-electron chi connectivity index (χ4n) is 2.67. The average Bonchev–Trinajstić information content (AvgIpc) is 2.44. The molecule has 0 amide bonds. The highest BCUT2D eigenvalue weighted by Crippen LogP contribution is 2.38. The number of aliphatic hydroxyl groups is 1. The fourth-order valence-corrected chi connectivity index (χ4v) is 2.67. The van der Waals surface area contributed by atoms with Gasteiger partial charge in [-0.3, -0.25) is 4.79 Å². The van der Waals surface area contributed by atoms with Crippen LogP contribution >= 0.6 is 0 Å². The average molecular weight is 272 g/mol. The summed E-state index contributed by atoms with van der Waals surface area (Å²) in [5.41, 5.74) is 1.09. The molecule has 0 saturated carbocycles.